The fraction of sp³-hybridized carbons (Fsp3) is 0.824. The topological polar surface area (TPSA) is 87.0 Å². The normalized spacial score (nSPS) is 30.0. The third kappa shape index (κ3) is 3.41. The van der Waals surface area contributed by atoms with Gasteiger partial charge >= 0.3 is 0 Å². The molecule has 0 aromatic rings. The zero-order valence-electron chi connectivity index (χ0n) is 14.4. The van der Waals surface area contributed by atoms with Gasteiger partial charge in [0.25, 0.3) is 0 Å². The summed E-state index contributed by atoms with van der Waals surface area (Å²) in [7, 11) is 0. The van der Waals surface area contributed by atoms with Crippen LogP contribution in [0.15, 0.2) is 0 Å². The monoisotopic (exact) mass is 336 g/mol. The molecule has 0 aromatic heterocycles. The lowest BCUT2D eigenvalue weighted by Gasteiger charge is -2.42. The summed E-state index contributed by atoms with van der Waals surface area (Å²) in [5, 5.41) is 0. The molecule has 0 saturated carbocycles. The number of piperidine rings is 2. The highest BCUT2D eigenvalue weighted by Crippen LogP contribution is 2.27. The Labute approximate surface area is 143 Å². The van der Waals surface area contributed by atoms with Crippen LogP contribution in [0.2, 0.25) is 0 Å². The molecule has 3 aliphatic rings. The van der Waals surface area contributed by atoms with Gasteiger partial charge in [-0.25, -0.2) is 0 Å². The maximum absolute atomic E-state index is 12.1. The molecule has 0 bridgehead atoms. The summed E-state index contributed by atoms with van der Waals surface area (Å²) in [6, 6.07) is 0.0737. The van der Waals surface area contributed by atoms with E-state index >= 15 is 0 Å². The number of rotatable bonds is 3. The van der Waals surface area contributed by atoms with Gasteiger partial charge in [0.05, 0.1) is 0 Å². The molecule has 134 valence electrons. The Morgan fingerprint density at radius 1 is 1.08 bits per heavy atom. The summed E-state index contributed by atoms with van der Waals surface area (Å²) in [5.41, 5.74) is 5.46. The van der Waals surface area contributed by atoms with Crippen LogP contribution in [0.4, 0.5) is 0 Å². The Balaban J connectivity index is 1.56. The smallest absolute Gasteiger partial charge is 0.240 e. The fourth-order valence-corrected chi connectivity index (χ4v) is 4.47. The highest BCUT2D eigenvalue weighted by molar-refractivity contribution is 5.86. The number of hydrogen-bond donors (Lipinski definition) is 1. The standard InChI is InChI=1S/C17H28N4O3/c1-12(22)21-11-14(10-15(21)17(18)24)19-8-5-13(6-9-19)20-7-3-2-4-16(20)23/h13-15H,2-11H2,1H3,(H2,18,24)/t14-,15?/m0/s1. The Bertz CT molecular complexity index is 494. The molecule has 3 heterocycles. The molecular formula is C17H28N4O3. The van der Waals surface area contributed by atoms with E-state index in [2.05, 4.69) is 9.80 Å². The molecule has 7 heteroatoms. The van der Waals surface area contributed by atoms with Gasteiger partial charge in [-0.1, -0.05) is 0 Å². The van der Waals surface area contributed by atoms with Crippen LogP contribution < -0.4 is 5.73 Å². The minimum Gasteiger partial charge on any atom is -0.368 e. The van der Waals surface area contributed by atoms with Crippen molar-refractivity contribution in [3.63, 3.8) is 0 Å². The first kappa shape index (κ1) is 17.2. The van der Waals surface area contributed by atoms with E-state index in [9.17, 15) is 14.4 Å². The molecule has 2 N–H and O–H groups in total. The molecule has 3 aliphatic heterocycles. The number of carbonyl (C=O) groups is 3. The van der Waals surface area contributed by atoms with Crippen LogP contribution in [0, 0.1) is 0 Å². The lowest BCUT2D eigenvalue weighted by atomic mass is 9.98. The van der Waals surface area contributed by atoms with E-state index in [4.69, 9.17) is 5.73 Å². The second-order valence-electron chi connectivity index (χ2n) is 7.29. The van der Waals surface area contributed by atoms with Crippen molar-refractivity contribution in [2.45, 2.75) is 63.6 Å². The number of amides is 3. The van der Waals surface area contributed by atoms with Crippen LogP contribution in [0.3, 0.4) is 0 Å². The first-order chi connectivity index (χ1) is 11.5. The molecule has 3 fully saturated rings. The van der Waals surface area contributed by atoms with Crippen molar-refractivity contribution < 1.29 is 14.4 Å². The molecule has 2 atom stereocenters. The van der Waals surface area contributed by atoms with Crippen LogP contribution in [0.5, 0.6) is 0 Å². The van der Waals surface area contributed by atoms with Gasteiger partial charge in [0.2, 0.25) is 17.7 Å². The zero-order valence-corrected chi connectivity index (χ0v) is 14.4. The summed E-state index contributed by atoms with van der Waals surface area (Å²) in [5.74, 6) is -0.200. The number of nitrogens with zero attached hydrogens (tertiary/aromatic N) is 3. The number of nitrogens with two attached hydrogens (primary N) is 1. The van der Waals surface area contributed by atoms with Crippen molar-refractivity contribution in [1.29, 1.82) is 0 Å². The molecule has 3 amide bonds. The quantitative estimate of drug-likeness (QED) is 0.782. The SMILES string of the molecule is CC(=O)N1C[C@@H](N2CCC(N3CCCCC3=O)CC2)CC1C(N)=O. The molecular weight excluding hydrogens is 308 g/mol. The van der Waals surface area contributed by atoms with Gasteiger partial charge in [-0.3, -0.25) is 19.3 Å². The maximum atomic E-state index is 12.1. The van der Waals surface area contributed by atoms with Crippen molar-refractivity contribution in [3.05, 3.63) is 0 Å². The van der Waals surface area contributed by atoms with Gasteiger partial charge in [-0.15, -0.1) is 0 Å². The number of primary amides is 1. The van der Waals surface area contributed by atoms with Crippen molar-refractivity contribution in [1.82, 2.24) is 14.7 Å². The Hall–Kier alpha value is -1.63. The van der Waals surface area contributed by atoms with Gasteiger partial charge in [0.15, 0.2) is 0 Å². The maximum Gasteiger partial charge on any atom is 0.240 e. The average molecular weight is 336 g/mol. The largest absolute Gasteiger partial charge is 0.368 e. The van der Waals surface area contributed by atoms with Crippen LogP contribution in [0.1, 0.15) is 45.4 Å². The van der Waals surface area contributed by atoms with Gasteiger partial charge in [-0.2, -0.15) is 0 Å². The lowest BCUT2D eigenvalue weighted by molar-refractivity contribution is -0.137. The van der Waals surface area contributed by atoms with E-state index in [0.717, 1.165) is 45.3 Å². The van der Waals surface area contributed by atoms with E-state index in [1.807, 2.05) is 0 Å². The van der Waals surface area contributed by atoms with Gasteiger partial charge in [-0.05, 0) is 32.1 Å². The predicted octanol–water partition coefficient (Wildman–Crippen LogP) is -0.0620. The fourth-order valence-electron chi connectivity index (χ4n) is 4.47. The first-order valence-corrected chi connectivity index (χ1v) is 9.07. The second-order valence-corrected chi connectivity index (χ2v) is 7.29. The number of carbonyl (C=O) groups excluding carboxylic acids is 3. The van der Waals surface area contributed by atoms with Crippen LogP contribution >= 0.6 is 0 Å². The van der Waals surface area contributed by atoms with Crippen molar-refractivity contribution in [2.75, 3.05) is 26.2 Å². The number of hydrogen-bond acceptors (Lipinski definition) is 4. The van der Waals surface area contributed by atoms with Gasteiger partial charge in [0, 0.05) is 51.6 Å². The minimum absolute atomic E-state index is 0.0879. The van der Waals surface area contributed by atoms with E-state index < -0.39 is 11.9 Å². The summed E-state index contributed by atoms with van der Waals surface area (Å²) < 4.78 is 0. The van der Waals surface area contributed by atoms with Crippen molar-refractivity contribution >= 4 is 17.7 Å². The lowest BCUT2D eigenvalue weighted by Crippen LogP contribution is -2.51. The third-order valence-electron chi connectivity index (χ3n) is 5.83. The Morgan fingerprint density at radius 2 is 1.79 bits per heavy atom. The predicted molar refractivity (Wildman–Crippen MR) is 88.9 cm³/mol. The van der Waals surface area contributed by atoms with Crippen molar-refractivity contribution in [3.8, 4) is 0 Å². The van der Waals surface area contributed by atoms with E-state index in [1.54, 1.807) is 4.90 Å². The van der Waals surface area contributed by atoms with E-state index in [-0.39, 0.29) is 11.9 Å². The molecule has 0 aliphatic carbocycles. The highest BCUT2D eigenvalue weighted by atomic mass is 16.2. The van der Waals surface area contributed by atoms with Crippen LogP contribution in [0.25, 0.3) is 0 Å². The summed E-state index contributed by atoms with van der Waals surface area (Å²) in [6.45, 7) is 4.80. The highest BCUT2D eigenvalue weighted by Gasteiger charge is 2.41. The summed E-state index contributed by atoms with van der Waals surface area (Å²) in [6.07, 6.45) is 5.40. The molecule has 3 rings (SSSR count). The first-order valence-electron chi connectivity index (χ1n) is 9.07. The number of likely N-dealkylation sites (tertiary alicyclic amines) is 3. The molecule has 3 saturated heterocycles. The summed E-state index contributed by atoms with van der Waals surface area (Å²) in [4.78, 5) is 41.5. The zero-order chi connectivity index (χ0) is 17.3. The van der Waals surface area contributed by atoms with Crippen LogP contribution in [-0.2, 0) is 14.4 Å². The van der Waals surface area contributed by atoms with Crippen LogP contribution in [-0.4, -0.2) is 76.7 Å². The molecule has 7 nitrogen and oxygen atoms in total. The molecule has 0 aromatic carbocycles. The van der Waals surface area contributed by atoms with E-state index in [0.29, 0.717) is 31.3 Å². The Kier molecular flexibility index (Phi) is 5.08. The third-order valence-corrected chi connectivity index (χ3v) is 5.83. The molecule has 1 unspecified atom stereocenters. The molecule has 0 radical (unpaired) electrons. The molecule has 24 heavy (non-hydrogen) atoms. The summed E-state index contributed by atoms with van der Waals surface area (Å²) >= 11 is 0. The van der Waals surface area contributed by atoms with Gasteiger partial charge in [0.1, 0.15) is 6.04 Å². The minimum atomic E-state index is -0.478. The van der Waals surface area contributed by atoms with Gasteiger partial charge < -0.3 is 15.5 Å². The second kappa shape index (κ2) is 7.09. The average Bonchev–Trinajstić information content (AvgIpc) is 3.01. The Morgan fingerprint density at radius 3 is 2.33 bits per heavy atom. The van der Waals surface area contributed by atoms with E-state index in [1.165, 1.54) is 6.92 Å². The van der Waals surface area contributed by atoms with Crippen molar-refractivity contribution in [2.24, 2.45) is 5.73 Å². The molecule has 0 spiro atoms.